The van der Waals surface area contributed by atoms with Gasteiger partial charge in [-0.3, -0.25) is 10.2 Å². The average molecular weight is 315 g/mol. The molecule has 8 nitrogen and oxygen atoms in total. The van der Waals surface area contributed by atoms with Crippen LogP contribution in [0.1, 0.15) is 33.6 Å². The fourth-order valence-corrected chi connectivity index (χ4v) is 2.73. The minimum Gasteiger partial charge on any atom is -0.427 e. The number of ether oxygens (including phenoxy) is 1. The number of nitrogens with two attached hydrogens (primary N) is 2. The number of hydroxylamine groups is 2. The first kappa shape index (κ1) is 17.4. The van der Waals surface area contributed by atoms with Gasteiger partial charge in [0.2, 0.25) is 0 Å². The van der Waals surface area contributed by atoms with Crippen LogP contribution in [0.5, 0.6) is 0 Å². The minimum atomic E-state index is -0.648. The fourth-order valence-electron chi connectivity index (χ4n) is 2.73. The maximum absolute atomic E-state index is 11.6. The molecule has 128 valence electrons. The molecule has 0 bridgehead atoms. The van der Waals surface area contributed by atoms with Crippen molar-refractivity contribution >= 4 is 6.16 Å². The zero-order valence-electron chi connectivity index (χ0n) is 13.7. The van der Waals surface area contributed by atoms with E-state index in [0.29, 0.717) is 13.1 Å². The number of hydrogen-bond acceptors (Lipinski definition) is 8. The van der Waals surface area contributed by atoms with Crippen LogP contribution < -0.4 is 16.8 Å². The first-order valence-electron chi connectivity index (χ1n) is 7.92. The van der Waals surface area contributed by atoms with Crippen molar-refractivity contribution in [3.8, 4) is 0 Å². The van der Waals surface area contributed by atoms with E-state index >= 15 is 0 Å². The summed E-state index contributed by atoms with van der Waals surface area (Å²) in [6.45, 7) is 8.36. The molecule has 22 heavy (non-hydrogen) atoms. The SMILES string of the molecule is CC(C)(C)OC(=O)ON1CCN(C2CCC(N)C(N)N2)CC1. The summed E-state index contributed by atoms with van der Waals surface area (Å²) in [5.74, 6) is 0. The molecule has 0 amide bonds. The quantitative estimate of drug-likeness (QED) is 0.601. The van der Waals surface area contributed by atoms with E-state index in [9.17, 15) is 4.79 Å². The van der Waals surface area contributed by atoms with Crippen LogP contribution in [0.4, 0.5) is 4.79 Å². The van der Waals surface area contributed by atoms with Crippen molar-refractivity contribution in [2.75, 3.05) is 26.2 Å². The second-order valence-corrected chi connectivity index (χ2v) is 6.97. The summed E-state index contributed by atoms with van der Waals surface area (Å²) in [4.78, 5) is 19.2. The molecule has 0 saturated carbocycles. The molecule has 3 atom stereocenters. The van der Waals surface area contributed by atoms with Crippen molar-refractivity contribution in [3.63, 3.8) is 0 Å². The lowest BCUT2D eigenvalue weighted by atomic mass is 10.0. The van der Waals surface area contributed by atoms with E-state index in [4.69, 9.17) is 21.0 Å². The monoisotopic (exact) mass is 315 g/mol. The Morgan fingerprint density at radius 1 is 1.14 bits per heavy atom. The number of nitrogens with one attached hydrogen (secondary N) is 1. The Morgan fingerprint density at radius 3 is 2.32 bits per heavy atom. The maximum Gasteiger partial charge on any atom is 0.528 e. The number of rotatable bonds is 2. The summed E-state index contributed by atoms with van der Waals surface area (Å²) in [5.41, 5.74) is 11.3. The molecule has 2 aliphatic rings. The fraction of sp³-hybridized carbons (Fsp3) is 0.929. The second kappa shape index (κ2) is 7.10. The molecule has 2 rings (SSSR count). The van der Waals surface area contributed by atoms with E-state index < -0.39 is 11.8 Å². The van der Waals surface area contributed by atoms with Crippen LogP contribution in [0, 0.1) is 0 Å². The predicted octanol–water partition coefficient (Wildman–Crippen LogP) is -0.208. The average Bonchev–Trinajstić information content (AvgIpc) is 2.40. The van der Waals surface area contributed by atoms with Gasteiger partial charge in [0.15, 0.2) is 0 Å². The van der Waals surface area contributed by atoms with E-state index in [1.54, 1.807) is 5.06 Å². The minimum absolute atomic E-state index is 0.0213. The highest BCUT2D eigenvalue weighted by Crippen LogP contribution is 2.16. The molecule has 0 aromatic rings. The first-order chi connectivity index (χ1) is 10.2. The Kier molecular flexibility index (Phi) is 5.62. The third-order valence-corrected chi connectivity index (χ3v) is 3.93. The van der Waals surface area contributed by atoms with Crippen molar-refractivity contribution in [2.45, 2.75) is 57.6 Å². The molecule has 0 aromatic carbocycles. The topological polar surface area (TPSA) is 106 Å². The zero-order chi connectivity index (χ0) is 16.3. The first-order valence-corrected chi connectivity index (χ1v) is 7.92. The number of piperazine rings is 1. The zero-order valence-corrected chi connectivity index (χ0v) is 13.7. The van der Waals surface area contributed by atoms with Crippen molar-refractivity contribution in [1.29, 1.82) is 0 Å². The largest absolute Gasteiger partial charge is 0.528 e. The van der Waals surface area contributed by atoms with Crippen LogP contribution in [-0.4, -0.2) is 66.3 Å². The van der Waals surface area contributed by atoms with Gasteiger partial charge >= 0.3 is 6.16 Å². The summed E-state index contributed by atoms with van der Waals surface area (Å²) in [5, 5.41) is 5.00. The number of carbonyl (C=O) groups excluding carboxylic acids is 1. The number of carbonyl (C=O) groups is 1. The highest BCUT2D eigenvalue weighted by molar-refractivity contribution is 5.60. The molecule has 0 radical (unpaired) electrons. The van der Waals surface area contributed by atoms with E-state index in [1.165, 1.54) is 0 Å². The van der Waals surface area contributed by atoms with E-state index in [-0.39, 0.29) is 18.4 Å². The van der Waals surface area contributed by atoms with Crippen molar-refractivity contribution in [3.05, 3.63) is 0 Å². The van der Waals surface area contributed by atoms with Gasteiger partial charge in [-0.05, 0) is 33.6 Å². The van der Waals surface area contributed by atoms with Crippen LogP contribution in [0.2, 0.25) is 0 Å². The Morgan fingerprint density at radius 2 is 1.77 bits per heavy atom. The van der Waals surface area contributed by atoms with E-state index in [1.807, 2.05) is 20.8 Å². The van der Waals surface area contributed by atoms with Gasteiger partial charge in [-0.1, -0.05) is 0 Å². The molecule has 8 heteroatoms. The molecule has 2 fully saturated rings. The summed E-state index contributed by atoms with van der Waals surface area (Å²) in [6.07, 6.45) is 1.35. The molecule has 3 unspecified atom stereocenters. The molecule has 2 saturated heterocycles. The van der Waals surface area contributed by atoms with Gasteiger partial charge in [-0.15, -0.1) is 5.06 Å². The molecule has 2 heterocycles. The van der Waals surface area contributed by atoms with Gasteiger partial charge in [0.25, 0.3) is 0 Å². The summed E-state index contributed by atoms with van der Waals surface area (Å²) >= 11 is 0. The van der Waals surface area contributed by atoms with Gasteiger partial charge < -0.3 is 21.0 Å². The van der Waals surface area contributed by atoms with E-state index in [2.05, 4.69) is 10.2 Å². The Labute approximate surface area is 132 Å². The lowest BCUT2D eigenvalue weighted by Gasteiger charge is -2.43. The van der Waals surface area contributed by atoms with Crippen molar-refractivity contribution in [2.24, 2.45) is 11.5 Å². The number of hydrogen-bond donors (Lipinski definition) is 3. The normalized spacial score (nSPS) is 31.8. The lowest BCUT2D eigenvalue weighted by molar-refractivity contribution is -0.162. The van der Waals surface area contributed by atoms with Gasteiger partial charge in [-0.25, -0.2) is 4.79 Å². The standard InChI is InChI=1S/C14H29N5O3/c1-14(2,3)21-13(20)22-19-8-6-18(7-9-19)11-5-4-10(15)12(16)17-11/h10-12,17H,4-9,15-16H2,1-3H3. The van der Waals surface area contributed by atoms with Gasteiger partial charge in [0, 0.05) is 32.2 Å². The molecule has 0 aromatic heterocycles. The molecule has 0 aliphatic carbocycles. The number of nitrogens with zero attached hydrogens (tertiary/aromatic N) is 2. The molecular formula is C14H29N5O3. The Bertz CT molecular complexity index is 379. The smallest absolute Gasteiger partial charge is 0.427 e. The van der Waals surface area contributed by atoms with E-state index in [0.717, 1.165) is 25.9 Å². The lowest BCUT2D eigenvalue weighted by Crippen LogP contribution is -2.65. The number of piperidine rings is 1. The van der Waals surface area contributed by atoms with Gasteiger partial charge in [0.1, 0.15) is 5.60 Å². The van der Waals surface area contributed by atoms with Gasteiger partial charge in [0.05, 0.1) is 12.3 Å². The van der Waals surface area contributed by atoms with Crippen LogP contribution in [0.15, 0.2) is 0 Å². The van der Waals surface area contributed by atoms with Crippen LogP contribution in [0.25, 0.3) is 0 Å². The second-order valence-electron chi connectivity index (χ2n) is 6.97. The van der Waals surface area contributed by atoms with Crippen molar-refractivity contribution < 1.29 is 14.4 Å². The third kappa shape index (κ3) is 5.06. The molecule has 2 aliphatic heterocycles. The summed E-state index contributed by atoms with van der Waals surface area (Å²) in [6, 6.07) is 0.0213. The Balaban J connectivity index is 1.73. The Hall–Kier alpha value is -0.930. The predicted molar refractivity (Wildman–Crippen MR) is 82.6 cm³/mol. The molecular weight excluding hydrogens is 286 g/mol. The highest BCUT2D eigenvalue weighted by atomic mass is 16.8. The van der Waals surface area contributed by atoms with Crippen molar-refractivity contribution in [1.82, 2.24) is 15.3 Å². The maximum atomic E-state index is 11.6. The molecule has 5 N–H and O–H groups in total. The third-order valence-electron chi connectivity index (χ3n) is 3.93. The summed E-state index contributed by atoms with van der Waals surface area (Å²) in [7, 11) is 0. The van der Waals surface area contributed by atoms with Crippen LogP contribution in [-0.2, 0) is 9.57 Å². The highest BCUT2D eigenvalue weighted by Gasteiger charge is 2.31. The summed E-state index contributed by atoms with van der Waals surface area (Å²) < 4.78 is 5.15. The van der Waals surface area contributed by atoms with Gasteiger partial charge in [-0.2, -0.15) is 0 Å². The molecule has 0 spiro atoms. The van der Waals surface area contributed by atoms with Crippen LogP contribution in [0.3, 0.4) is 0 Å². The van der Waals surface area contributed by atoms with Crippen LogP contribution >= 0.6 is 0 Å².